The van der Waals surface area contributed by atoms with Gasteiger partial charge in [-0.25, -0.2) is 0 Å². The van der Waals surface area contributed by atoms with Crippen molar-refractivity contribution in [3.8, 4) is 0 Å². The monoisotopic (exact) mass is 394 g/mol. The van der Waals surface area contributed by atoms with Gasteiger partial charge in [-0.05, 0) is 62.7 Å². The summed E-state index contributed by atoms with van der Waals surface area (Å²) in [6, 6.07) is 0. The number of ketones is 1. The van der Waals surface area contributed by atoms with Crippen molar-refractivity contribution in [3.05, 3.63) is 36.0 Å². The van der Waals surface area contributed by atoms with Crippen LogP contribution in [-0.4, -0.2) is 17.4 Å². The highest BCUT2D eigenvalue weighted by Crippen LogP contribution is 2.68. The lowest BCUT2D eigenvalue weighted by Gasteiger charge is -2.56. The fourth-order valence-corrected chi connectivity index (χ4v) is 7.80. The smallest absolute Gasteiger partial charge is 0.306 e. The Kier molecular flexibility index (Phi) is 4.28. The van der Waals surface area contributed by atoms with Crippen LogP contribution < -0.4 is 0 Å². The van der Waals surface area contributed by atoms with Crippen LogP contribution in [0.1, 0.15) is 78.1 Å². The molecule has 1 saturated heterocycles. The van der Waals surface area contributed by atoms with Gasteiger partial charge in [0.15, 0.2) is 0 Å². The Bertz CT molecular complexity index is 835. The fourth-order valence-electron chi connectivity index (χ4n) is 7.80. The van der Waals surface area contributed by atoms with Crippen molar-refractivity contribution in [2.45, 2.75) is 83.7 Å². The maximum Gasteiger partial charge on any atom is 0.306 e. The summed E-state index contributed by atoms with van der Waals surface area (Å²) < 4.78 is 6.08. The van der Waals surface area contributed by atoms with Gasteiger partial charge in [0.1, 0.15) is 11.4 Å². The Labute approximate surface area is 174 Å². The molecule has 4 aliphatic carbocycles. The van der Waals surface area contributed by atoms with E-state index in [1.165, 1.54) is 5.57 Å². The second-order valence-electron chi connectivity index (χ2n) is 10.7. The van der Waals surface area contributed by atoms with Gasteiger partial charge in [0, 0.05) is 30.1 Å². The number of carbonyl (C=O) groups is 2. The molecular formula is C26H34O3. The molecule has 6 atom stereocenters. The lowest BCUT2D eigenvalue weighted by molar-refractivity contribution is -0.160. The number of ether oxygens (including phenoxy) is 1. The molecule has 0 N–H and O–H groups in total. The summed E-state index contributed by atoms with van der Waals surface area (Å²) in [6.07, 6.45) is 16.1. The highest BCUT2D eigenvalue weighted by Gasteiger charge is 2.66. The quantitative estimate of drug-likeness (QED) is 0.455. The first kappa shape index (κ1) is 19.3. The number of fused-ring (bicyclic) bond motifs is 6. The average molecular weight is 395 g/mol. The van der Waals surface area contributed by atoms with E-state index in [4.69, 9.17) is 4.74 Å². The minimum atomic E-state index is -0.257. The first-order chi connectivity index (χ1) is 13.8. The van der Waals surface area contributed by atoms with Crippen LogP contribution in [0.15, 0.2) is 36.0 Å². The molecule has 3 fully saturated rings. The van der Waals surface area contributed by atoms with Crippen LogP contribution in [0.2, 0.25) is 0 Å². The molecule has 0 bridgehead atoms. The van der Waals surface area contributed by atoms with Crippen molar-refractivity contribution in [2.24, 2.45) is 28.6 Å². The minimum Gasteiger partial charge on any atom is -0.458 e. The van der Waals surface area contributed by atoms with Gasteiger partial charge in [-0.1, -0.05) is 43.2 Å². The summed E-state index contributed by atoms with van der Waals surface area (Å²) in [5.74, 6) is 1.91. The molecule has 2 saturated carbocycles. The Morgan fingerprint density at radius 3 is 2.76 bits per heavy atom. The standard InChI is InChI=1S/C26H34O3/c1-4-5-6-17-15-18-16-19(27)7-11-24(18,2)20-8-12-25(3)21(23(17)20)9-13-26(25)14-10-22(28)29-26/h4,8,15,17,21,23H,1,5-7,9-14,16H2,2-3H3/t17-,21?,23?,24+,25+,26-/m1/s1. The third-order valence-corrected chi connectivity index (χ3v) is 9.52. The van der Waals surface area contributed by atoms with Gasteiger partial charge in [0.25, 0.3) is 0 Å². The van der Waals surface area contributed by atoms with E-state index in [1.54, 1.807) is 5.57 Å². The molecule has 0 aromatic heterocycles. The Balaban J connectivity index is 1.59. The summed E-state index contributed by atoms with van der Waals surface area (Å²) in [5, 5.41) is 0. The van der Waals surface area contributed by atoms with Gasteiger partial charge in [-0.15, -0.1) is 6.58 Å². The van der Waals surface area contributed by atoms with Gasteiger partial charge >= 0.3 is 5.97 Å². The van der Waals surface area contributed by atoms with Crippen molar-refractivity contribution in [3.63, 3.8) is 0 Å². The SMILES string of the molecule is C=CCC[C@@H]1C=C2CC(=O)CC[C@]2(C)C2=CC[C@@]3(C)C(CC[C@@]34CCC(=O)O4)C21. The molecule has 29 heavy (non-hydrogen) atoms. The Morgan fingerprint density at radius 2 is 2.03 bits per heavy atom. The van der Waals surface area contributed by atoms with Crippen molar-refractivity contribution < 1.29 is 14.3 Å². The summed E-state index contributed by atoms with van der Waals surface area (Å²) in [7, 11) is 0. The predicted molar refractivity (Wildman–Crippen MR) is 113 cm³/mol. The predicted octanol–water partition coefficient (Wildman–Crippen LogP) is 5.71. The molecule has 1 aliphatic heterocycles. The molecule has 1 heterocycles. The van der Waals surface area contributed by atoms with Gasteiger partial charge < -0.3 is 4.74 Å². The van der Waals surface area contributed by atoms with Crippen LogP contribution in [0, 0.1) is 28.6 Å². The Hall–Kier alpha value is -1.64. The van der Waals surface area contributed by atoms with Crippen LogP contribution in [-0.2, 0) is 14.3 Å². The molecule has 5 rings (SSSR count). The van der Waals surface area contributed by atoms with Crippen molar-refractivity contribution >= 4 is 11.8 Å². The van der Waals surface area contributed by atoms with E-state index < -0.39 is 0 Å². The summed E-state index contributed by atoms with van der Waals surface area (Å²) >= 11 is 0. The number of carbonyl (C=O) groups excluding carboxylic acids is 2. The van der Waals surface area contributed by atoms with Crippen molar-refractivity contribution in [1.82, 2.24) is 0 Å². The van der Waals surface area contributed by atoms with E-state index in [2.05, 4.69) is 32.6 Å². The highest BCUT2D eigenvalue weighted by atomic mass is 16.6. The van der Waals surface area contributed by atoms with Gasteiger partial charge in [-0.3, -0.25) is 9.59 Å². The number of esters is 1. The fraction of sp³-hybridized carbons (Fsp3) is 0.692. The van der Waals surface area contributed by atoms with Crippen molar-refractivity contribution in [2.75, 3.05) is 0 Å². The minimum absolute atomic E-state index is 0.00607. The van der Waals surface area contributed by atoms with E-state index in [-0.39, 0.29) is 22.4 Å². The van der Waals surface area contributed by atoms with Crippen LogP contribution in [0.4, 0.5) is 0 Å². The molecular weight excluding hydrogens is 360 g/mol. The zero-order valence-corrected chi connectivity index (χ0v) is 18.0. The molecule has 0 amide bonds. The molecule has 156 valence electrons. The topological polar surface area (TPSA) is 43.4 Å². The highest BCUT2D eigenvalue weighted by molar-refractivity contribution is 5.83. The zero-order chi connectivity index (χ0) is 20.4. The Morgan fingerprint density at radius 1 is 1.21 bits per heavy atom. The van der Waals surface area contributed by atoms with Crippen LogP contribution >= 0.6 is 0 Å². The lowest BCUT2D eigenvalue weighted by Crippen LogP contribution is -2.52. The van der Waals surface area contributed by atoms with E-state index in [9.17, 15) is 9.59 Å². The second-order valence-corrected chi connectivity index (χ2v) is 10.7. The molecule has 3 heteroatoms. The van der Waals surface area contributed by atoms with E-state index in [0.29, 0.717) is 42.8 Å². The van der Waals surface area contributed by atoms with Crippen LogP contribution in [0.5, 0.6) is 0 Å². The molecule has 1 spiro atoms. The molecule has 5 aliphatic rings. The number of allylic oxidation sites excluding steroid dienone is 5. The van der Waals surface area contributed by atoms with Crippen LogP contribution in [0.3, 0.4) is 0 Å². The summed E-state index contributed by atoms with van der Waals surface area (Å²) in [4.78, 5) is 24.3. The first-order valence-corrected chi connectivity index (χ1v) is 11.6. The molecule has 0 aromatic carbocycles. The third-order valence-electron chi connectivity index (χ3n) is 9.52. The lowest BCUT2D eigenvalue weighted by atomic mass is 9.48. The molecule has 2 unspecified atom stereocenters. The number of hydrogen-bond acceptors (Lipinski definition) is 3. The van der Waals surface area contributed by atoms with E-state index in [0.717, 1.165) is 44.9 Å². The third kappa shape index (κ3) is 2.55. The van der Waals surface area contributed by atoms with Gasteiger partial charge in [-0.2, -0.15) is 0 Å². The van der Waals surface area contributed by atoms with Crippen molar-refractivity contribution in [1.29, 1.82) is 0 Å². The van der Waals surface area contributed by atoms with Crippen LogP contribution in [0.25, 0.3) is 0 Å². The van der Waals surface area contributed by atoms with E-state index >= 15 is 0 Å². The normalized spacial score (nSPS) is 45.8. The largest absolute Gasteiger partial charge is 0.458 e. The maximum absolute atomic E-state index is 12.3. The molecule has 0 radical (unpaired) electrons. The second kappa shape index (κ2) is 6.43. The zero-order valence-electron chi connectivity index (χ0n) is 18.0. The maximum atomic E-state index is 12.3. The van der Waals surface area contributed by atoms with Gasteiger partial charge in [0.2, 0.25) is 0 Å². The number of Topliss-reactive ketones (excluding diaryl/α,β-unsaturated/α-hetero) is 1. The summed E-state index contributed by atoms with van der Waals surface area (Å²) in [5.41, 5.74) is 2.79. The first-order valence-electron chi connectivity index (χ1n) is 11.6. The summed E-state index contributed by atoms with van der Waals surface area (Å²) in [6.45, 7) is 8.74. The number of hydrogen-bond donors (Lipinski definition) is 0. The number of rotatable bonds is 3. The van der Waals surface area contributed by atoms with E-state index in [1.807, 2.05) is 6.08 Å². The average Bonchev–Trinajstić information content (AvgIpc) is 3.21. The molecule has 3 nitrogen and oxygen atoms in total. The molecule has 0 aromatic rings. The van der Waals surface area contributed by atoms with Gasteiger partial charge in [0.05, 0.1) is 0 Å².